The van der Waals surface area contributed by atoms with Gasteiger partial charge in [-0.2, -0.15) is 0 Å². The van der Waals surface area contributed by atoms with Crippen molar-refractivity contribution in [2.24, 2.45) is 5.73 Å². The number of nitrogens with zero attached hydrogens (tertiary/aromatic N) is 2. The fourth-order valence-corrected chi connectivity index (χ4v) is 5.94. The van der Waals surface area contributed by atoms with Crippen LogP contribution in [0.25, 0.3) is 32.5 Å². The van der Waals surface area contributed by atoms with Crippen LogP contribution in [0.15, 0.2) is 79.6 Å². The molecule has 1 amide bonds. The molecule has 192 valence electrons. The molecule has 0 aromatic carbocycles. The number of nitrogens with two attached hydrogens (primary N) is 1. The highest BCUT2D eigenvalue weighted by Gasteiger charge is 2.28. The van der Waals surface area contributed by atoms with Crippen molar-refractivity contribution in [2.75, 3.05) is 0 Å². The van der Waals surface area contributed by atoms with Crippen molar-refractivity contribution in [3.63, 3.8) is 0 Å². The molecular weight excluding hydrogens is 522 g/mol. The number of aromatic nitrogens is 2. The molecule has 10 heteroatoms. The number of hydrogen-bond donors (Lipinski definition) is 1. The first-order valence-corrected chi connectivity index (χ1v) is 13.5. The second kappa shape index (κ2) is 9.88. The number of primary amides is 1. The lowest BCUT2D eigenvalue weighted by molar-refractivity contribution is 0.0992. The van der Waals surface area contributed by atoms with Crippen molar-refractivity contribution in [3.8, 4) is 32.5 Å². The Kier molecular flexibility index (Phi) is 6.60. The number of pyridine rings is 2. The summed E-state index contributed by atoms with van der Waals surface area (Å²) in [7, 11) is 0. The van der Waals surface area contributed by atoms with Gasteiger partial charge < -0.3 is 10.2 Å². The Balaban J connectivity index is 2.02. The van der Waals surface area contributed by atoms with Gasteiger partial charge in [-0.25, -0.2) is 9.35 Å². The Bertz CT molecular complexity index is 1780. The van der Waals surface area contributed by atoms with Crippen molar-refractivity contribution < 1.29 is 14.0 Å². The van der Waals surface area contributed by atoms with Crippen LogP contribution >= 0.6 is 22.7 Å². The maximum atomic E-state index is 14.2. The van der Waals surface area contributed by atoms with Gasteiger partial charge in [0.05, 0.1) is 33.0 Å². The molecule has 38 heavy (non-hydrogen) atoms. The average Bonchev–Trinajstić information content (AvgIpc) is 3.66. The average molecular weight is 546 g/mol. The fourth-order valence-electron chi connectivity index (χ4n) is 4.49. The van der Waals surface area contributed by atoms with E-state index in [0.29, 0.717) is 38.0 Å². The summed E-state index contributed by atoms with van der Waals surface area (Å²) in [6.45, 7) is 5.01. The topological polar surface area (TPSA) is 117 Å². The first-order valence-electron chi connectivity index (χ1n) is 11.7. The van der Waals surface area contributed by atoms with E-state index in [1.807, 2.05) is 48.9 Å². The molecule has 0 radical (unpaired) electrons. The van der Waals surface area contributed by atoms with Crippen LogP contribution in [0.1, 0.15) is 53.0 Å². The first kappa shape index (κ1) is 25.4. The maximum absolute atomic E-state index is 14.2. The number of rotatable bonds is 7. The van der Waals surface area contributed by atoms with E-state index >= 15 is 0 Å². The number of hydrogen-bond acceptors (Lipinski definition) is 7. The van der Waals surface area contributed by atoms with Crippen LogP contribution in [0, 0.1) is 0 Å². The van der Waals surface area contributed by atoms with Gasteiger partial charge >= 0.3 is 0 Å². The van der Waals surface area contributed by atoms with Crippen LogP contribution in [-0.4, -0.2) is 21.0 Å². The van der Waals surface area contributed by atoms with Crippen LogP contribution in [-0.2, 0) is 0 Å². The van der Waals surface area contributed by atoms with Gasteiger partial charge in [0.1, 0.15) is 11.3 Å². The molecule has 0 spiro atoms. The van der Waals surface area contributed by atoms with Crippen LogP contribution in [0.5, 0.6) is 0 Å². The molecule has 5 aromatic heterocycles. The predicted octanol–water partition coefficient (Wildman–Crippen LogP) is 5.46. The third-order valence-corrected chi connectivity index (χ3v) is 7.94. The van der Waals surface area contributed by atoms with Gasteiger partial charge in [-0.1, -0.05) is 26.0 Å². The number of carbonyl (C=O) groups is 2. The number of Topliss-reactive ketones (excluding diaryl/α,β-unsaturated/α-hetero) is 1. The Labute approximate surface area is 225 Å². The smallest absolute Gasteiger partial charge is 0.283 e. The molecule has 0 aliphatic carbocycles. The summed E-state index contributed by atoms with van der Waals surface area (Å²) >= 11 is 2.74. The zero-order valence-corrected chi connectivity index (χ0v) is 22.4. The van der Waals surface area contributed by atoms with Crippen LogP contribution < -0.4 is 16.9 Å². The molecule has 0 bridgehead atoms. The monoisotopic (exact) mass is 545 g/mol. The normalized spacial score (nSPS) is 11.3. The lowest BCUT2D eigenvalue weighted by atomic mass is 9.97. The molecule has 0 saturated heterocycles. The Morgan fingerprint density at radius 3 is 1.89 bits per heavy atom. The number of carbonyl (C=O) groups excluding carboxylic acids is 2. The first-order chi connectivity index (χ1) is 18.2. The predicted molar refractivity (Wildman–Crippen MR) is 149 cm³/mol. The van der Waals surface area contributed by atoms with Crippen molar-refractivity contribution in [1.29, 1.82) is 0 Å². The van der Waals surface area contributed by atoms with Gasteiger partial charge in [-0.05, 0) is 65.6 Å². The second-order valence-electron chi connectivity index (χ2n) is 8.92. The highest BCUT2D eigenvalue weighted by molar-refractivity contribution is 7.13. The fraction of sp³-hybridized carbons (Fsp3) is 0.143. The van der Waals surface area contributed by atoms with Crippen LogP contribution in [0.2, 0.25) is 0 Å². The summed E-state index contributed by atoms with van der Waals surface area (Å²) in [6, 6.07) is 14.0. The largest absolute Gasteiger partial charge is 0.464 e. The second-order valence-corrected chi connectivity index (χ2v) is 10.8. The van der Waals surface area contributed by atoms with E-state index in [4.69, 9.17) is 10.2 Å². The summed E-state index contributed by atoms with van der Waals surface area (Å²) in [6.07, 6.45) is 1.46. The van der Waals surface area contributed by atoms with Crippen molar-refractivity contribution in [1.82, 2.24) is 9.35 Å². The number of furan rings is 1. The summed E-state index contributed by atoms with van der Waals surface area (Å²) in [5.74, 6) is -1.24. The SMILES string of the molecule is CC(=O)c1c(-c2ccco2)cc(-c2cccs2)n(-n2c(-c3cccs3)cc(C(C)C)c(C(N)=O)c2=O)c1=O. The van der Waals surface area contributed by atoms with E-state index in [2.05, 4.69) is 0 Å². The molecule has 0 aliphatic heterocycles. The van der Waals surface area contributed by atoms with Crippen molar-refractivity contribution in [3.05, 3.63) is 103 Å². The Morgan fingerprint density at radius 2 is 1.45 bits per heavy atom. The molecule has 5 heterocycles. The van der Waals surface area contributed by atoms with Crippen LogP contribution in [0.3, 0.4) is 0 Å². The van der Waals surface area contributed by atoms with Gasteiger partial charge in [0.2, 0.25) is 0 Å². The standard InChI is InChI=1S/C28H23N3O5S2/c1-15(2)17-13-19(22-8-5-11-37-22)31(28(35)25(17)26(29)33)30-20(23-9-6-12-38-23)14-18(21-7-4-10-36-21)24(16(3)32)27(30)34/h4-15H,1-3H3,(H2,29,33). The molecule has 0 aliphatic rings. The van der Waals surface area contributed by atoms with Crippen molar-refractivity contribution in [2.45, 2.75) is 26.7 Å². The zero-order valence-electron chi connectivity index (χ0n) is 20.8. The van der Waals surface area contributed by atoms with Crippen molar-refractivity contribution >= 4 is 34.4 Å². The molecule has 0 atom stereocenters. The molecule has 8 nitrogen and oxygen atoms in total. The molecule has 2 N–H and O–H groups in total. The Morgan fingerprint density at radius 1 is 0.868 bits per heavy atom. The zero-order chi connectivity index (χ0) is 27.1. The lowest BCUT2D eigenvalue weighted by Crippen LogP contribution is -2.42. The number of ketones is 1. The van der Waals surface area contributed by atoms with Gasteiger partial charge in [-0.15, -0.1) is 22.7 Å². The third-order valence-electron chi connectivity index (χ3n) is 6.15. The minimum atomic E-state index is -0.894. The van der Waals surface area contributed by atoms with Crippen LogP contribution in [0.4, 0.5) is 0 Å². The van der Waals surface area contributed by atoms with E-state index < -0.39 is 22.8 Å². The molecule has 0 fully saturated rings. The van der Waals surface area contributed by atoms with E-state index in [-0.39, 0.29) is 17.0 Å². The van der Waals surface area contributed by atoms with Gasteiger partial charge in [0.15, 0.2) is 5.78 Å². The quantitative estimate of drug-likeness (QED) is 0.273. The summed E-state index contributed by atoms with van der Waals surface area (Å²) in [5, 5.41) is 3.69. The third kappa shape index (κ3) is 4.17. The molecule has 0 saturated carbocycles. The van der Waals surface area contributed by atoms with Gasteiger partial charge in [-0.3, -0.25) is 19.2 Å². The highest BCUT2D eigenvalue weighted by Crippen LogP contribution is 2.33. The summed E-state index contributed by atoms with van der Waals surface area (Å²) < 4.78 is 7.89. The maximum Gasteiger partial charge on any atom is 0.283 e. The van der Waals surface area contributed by atoms with E-state index in [0.717, 1.165) is 4.68 Å². The van der Waals surface area contributed by atoms with Gasteiger partial charge in [0.25, 0.3) is 17.0 Å². The van der Waals surface area contributed by atoms with Gasteiger partial charge in [0, 0.05) is 5.56 Å². The summed E-state index contributed by atoms with van der Waals surface area (Å²) in [5.41, 5.74) is 5.44. The molecular formula is C28H23N3O5S2. The molecule has 0 unspecified atom stereocenters. The Hall–Kier alpha value is -4.28. The molecule has 5 rings (SSSR count). The van der Waals surface area contributed by atoms with E-state index in [1.165, 1.54) is 40.5 Å². The van der Waals surface area contributed by atoms with E-state index in [1.54, 1.807) is 24.3 Å². The number of amides is 1. The molecule has 5 aromatic rings. The lowest BCUT2D eigenvalue weighted by Gasteiger charge is -2.22. The minimum Gasteiger partial charge on any atom is -0.464 e. The van der Waals surface area contributed by atoms with E-state index in [9.17, 15) is 19.2 Å². The number of thiophene rings is 2. The minimum absolute atomic E-state index is 0.141. The summed E-state index contributed by atoms with van der Waals surface area (Å²) in [4.78, 5) is 55.2. The highest BCUT2D eigenvalue weighted by atomic mass is 32.1.